The number of amides is 1. The molecule has 0 aliphatic rings. The highest BCUT2D eigenvalue weighted by molar-refractivity contribution is 7.90. The van der Waals surface area contributed by atoms with Crippen LogP contribution in [0.5, 0.6) is 0 Å². The highest BCUT2D eigenvalue weighted by Crippen LogP contribution is 2.33. The van der Waals surface area contributed by atoms with Crippen LogP contribution < -0.4 is 0 Å². The molecule has 0 saturated carbocycles. The zero-order valence-electron chi connectivity index (χ0n) is 18.9. The van der Waals surface area contributed by atoms with Crippen molar-refractivity contribution in [3.63, 3.8) is 0 Å². The number of rotatable bonds is 5. The third kappa shape index (κ3) is 4.63. The van der Waals surface area contributed by atoms with Crippen LogP contribution in [0, 0.1) is 23.1 Å². The molecule has 1 amide bonds. The van der Waals surface area contributed by atoms with Crippen LogP contribution in [0.15, 0.2) is 53.7 Å². The number of carbonyl (C=O) groups excluding carboxylic acids is 1. The molecule has 0 unspecified atom stereocenters. The molecule has 0 spiro atoms. The normalized spacial score (nSPS) is 11.7. The number of halogens is 2. The first-order valence-corrected chi connectivity index (χ1v) is 11.5. The minimum absolute atomic E-state index is 0.172. The number of ether oxygens (including phenoxy) is 1. The number of carbonyl (C=O) groups is 1. The van der Waals surface area contributed by atoms with Crippen molar-refractivity contribution in [2.24, 2.45) is 0 Å². The number of aromatic nitrogens is 2. The summed E-state index contributed by atoms with van der Waals surface area (Å²) >= 11 is 0. The third-order valence-corrected chi connectivity index (χ3v) is 6.89. The van der Waals surface area contributed by atoms with E-state index < -0.39 is 56.2 Å². The molecule has 2 aromatic heterocycles. The minimum Gasteiger partial charge on any atom is -0.444 e. The molecule has 178 valence electrons. The molecule has 3 aromatic rings. The number of nitrogens with zero attached hydrogens (tertiary/aromatic N) is 4. The largest absolute Gasteiger partial charge is 0.444 e. The number of hydrogen-bond acceptors (Lipinski definition) is 6. The van der Waals surface area contributed by atoms with Gasteiger partial charge in [-0.3, -0.25) is 0 Å². The van der Waals surface area contributed by atoms with Crippen LogP contribution in [-0.2, 0) is 21.4 Å². The van der Waals surface area contributed by atoms with Gasteiger partial charge in [-0.05, 0) is 45.0 Å². The fraction of sp³-hybridized carbons (Fsp3) is 0.261. The molecule has 3 rings (SSSR count). The Kier molecular flexibility index (Phi) is 6.74. The SMILES string of the molecule is CN(C(=O)OCc1cn(S(=O)(=O)c2ccccc2C#N)c(-c2cccnc2F)c1F)C(C)(C)C. The molecule has 34 heavy (non-hydrogen) atoms. The molecule has 0 aliphatic heterocycles. The van der Waals surface area contributed by atoms with Crippen LogP contribution >= 0.6 is 0 Å². The van der Waals surface area contributed by atoms with Gasteiger partial charge in [-0.2, -0.15) is 9.65 Å². The smallest absolute Gasteiger partial charge is 0.410 e. The van der Waals surface area contributed by atoms with Crippen molar-refractivity contribution in [3.05, 3.63) is 71.7 Å². The van der Waals surface area contributed by atoms with Crippen LogP contribution in [0.4, 0.5) is 13.6 Å². The molecule has 0 fully saturated rings. The zero-order valence-corrected chi connectivity index (χ0v) is 19.7. The quantitative estimate of drug-likeness (QED) is 0.496. The van der Waals surface area contributed by atoms with E-state index in [0.29, 0.717) is 3.97 Å². The Morgan fingerprint density at radius 2 is 1.88 bits per heavy atom. The molecule has 0 radical (unpaired) electrons. The molecule has 11 heteroatoms. The maximum Gasteiger partial charge on any atom is 0.410 e. The Bertz CT molecular complexity index is 1390. The fourth-order valence-corrected chi connectivity index (χ4v) is 4.54. The minimum atomic E-state index is -4.55. The van der Waals surface area contributed by atoms with Gasteiger partial charge in [0.25, 0.3) is 10.0 Å². The Labute approximate surface area is 196 Å². The van der Waals surface area contributed by atoms with Gasteiger partial charge in [-0.15, -0.1) is 0 Å². The lowest BCUT2D eigenvalue weighted by Gasteiger charge is -2.30. The lowest BCUT2D eigenvalue weighted by atomic mass is 10.1. The first-order valence-electron chi connectivity index (χ1n) is 10.1. The summed E-state index contributed by atoms with van der Waals surface area (Å²) in [5.41, 5.74) is -2.09. The van der Waals surface area contributed by atoms with E-state index in [2.05, 4.69) is 4.98 Å². The Morgan fingerprint density at radius 3 is 2.50 bits per heavy atom. The summed E-state index contributed by atoms with van der Waals surface area (Å²) in [5, 5.41) is 9.35. The number of pyridine rings is 1. The molecule has 0 bridgehead atoms. The summed E-state index contributed by atoms with van der Waals surface area (Å²) in [6.07, 6.45) is 1.28. The second-order valence-electron chi connectivity index (χ2n) is 8.35. The Balaban J connectivity index is 2.16. The molecular weight excluding hydrogens is 466 g/mol. The van der Waals surface area contributed by atoms with Crippen molar-refractivity contribution in [1.82, 2.24) is 13.9 Å². The molecule has 1 aromatic carbocycles. The van der Waals surface area contributed by atoms with Gasteiger partial charge in [-0.25, -0.2) is 26.6 Å². The van der Waals surface area contributed by atoms with Crippen molar-refractivity contribution in [3.8, 4) is 17.3 Å². The Morgan fingerprint density at radius 1 is 1.21 bits per heavy atom. The maximum absolute atomic E-state index is 15.5. The lowest BCUT2D eigenvalue weighted by molar-refractivity contribution is 0.0753. The van der Waals surface area contributed by atoms with Gasteiger partial charge >= 0.3 is 6.09 Å². The van der Waals surface area contributed by atoms with Crippen LogP contribution in [-0.4, -0.2) is 41.0 Å². The Hall–Kier alpha value is -3.78. The number of hydrogen-bond donors (Lipinski definition) is 0. The summed E-state index contributed by atoms with van der Waals surface area (Å²) in [5.74, 6) is -2.20. The van der Waals surface area contributed by atoms with Crippen molar-refractivity contribution in [1.29, 1.82) is 5.26 Å². The lowest BCUT2D eigenvalue weighted by Crippen LogP contribution is -2.42. The van der Waals surface area contributed by atoms with Crippen LogP contribution in [0.3, 0.4) is 0 Å². The summed E-state index contributed by atoms with van der Waals surface area (Å²) < 4.78 is 62.6. The highest BCUT2D eigenvalue weighted by atomic mass is 32.2. The molecular formula is C23H22F2N4O4S. The van der Waals surface area contributed by atoms with Gasteiger partial charge in [0, 0.05) is 30.5 Å². The van der Waals surface area contributed by atoms with E-state index in [1.165, 1.54) is 48.3 Å². The molecule has 0 aliphatic carbocycles. The average molecular weight is 489 g/mol. The molecule has 0 atom stereocenters. The van der Waals surface area contributed by atoms with E-state index in [1.54, 1.807) is 26.8 Å². The maximum atomic E-state index is 15.5. The number of benzene rings is 1. The van der Waals surface area contributed by atoms with Crippen molar-refractivity contribution in [2.45, 2.75) is 37.8 Å². The van der Waals surface area contributed by atoms with E-state index in [0.717, 1.165) is 12.4 Å². The van der Waals surface area contributed by atoms with Gasteiger partial charge in [0.15, 0.2) is 5.82 Å². The molecule has 0 N–H and O–H groups in total. The molecule has 2 heterocycles. The monoisotopic (exact) mass is 488 g/mol. The zero-order chi connectivity index (χ0) is 25.3. The van der Waals surface area contributed by atoms with Gasteiger partial charge < -0.3 is 9.64 Å². The summed E-state index contributed by atoms with van der Waals surface area (Å²) in [6, 6.07) is 9.64. The molecule has 0 saturated heterocycles. The highest BCUT2D eigenvalue weighted by Gasteiger charge is 2.31. The molecule has 8 nitrogen and oxygen atoms in total. The standard InChI is InChI=1S/C23H22F2N4O4S/c1-23(2,3)28(4)22(30)33-14-16-13-29(20(19(16)24)17-9-7-11-27-21(17)25)34(31,32)18-10-6-5-8-15(18)12-26/h5-11,13H,14H2,1-4H3. The summed E-state index contributed by atoms with van der Waals surface area (Å²) in [4.78, 5) is 16.7. The second-order valence-corrected chi connectivity index (χ2v) is 10.1. The van der Waals surface area contributed by atoms with Gasteiger partial charge in [0.05, 0.1) is 11.1 Å². The number of nitriles is 1. The van der Waals surface area contributed by atoms with Crippen molar-refractivity contribution in [2.75, 3.05) is 7.05 Å². The van der Waals surface area contributed by atoms with Crippen LogP contribution in [0.2, 0.25) is 0 Å². The topological polar surface area (TPSA) is 105 Å². The van der Waals surface area contributed by atoms with E-state index >= 15 is 4.39 Å². The third-order valence-electron chi connectivity index (χ3n) is 5.17. The second kappa shape index (κ2) is 9.23. The predicted octanol–water partition coefficient (Wildman–Crippen LogP) is 4.30. The van der Waals surface area contributed by atoms with E-state index in [9.17, 15) is 22.9 Å². The van der Waals surface area contributed by atoms with Crippen molar-refractivity contribution < 1.29 is 26.7 Å². The fourth-order valence-electron chi connectivity index (χ4n) is 3.00. The first-order chi connectivity index (χ1) is 15.9. The first kappa shape index (κ1) is 24.9. The van der Waals surface area contributed by atoms with Gasteiger partial charge in [0.2, 0.25) is 5.95 Å². The van der Waals surface area contributed by atoms with Crippen LogP contribution in [0.25, 0.3) is 11.3 Å². The predicted molar refractivity (Wildman–Crippen MR) is 119 cm³/mol. The summed E-state index contributed by atoms with van der Waals surface area (Å²) in [6.45, 7) is 4.71. The average Bonchev–Trinajstić information content (AvgIpc) is 3.13. The summed E-state index contributed by atoms with van der Waals surface area (Å²) in [7, 11) is -3.04. The van der Waals surface area contributed by atoms with E-state index in [-0.39, 0.29) is 11.1 Å². The van der Waals surface area contributed by atoms with E-state index in [4.69, 9.17) is 4.74 Å². The van der Waals surface area contributed by atoms with Gasteiger partial charge in [-0.1, -0.05) is 12.1 Å². The van der Waals surface area contributed by atoms with Crippen molar-refractivity contribution >= 4 is 16.1 Å². The van der Waals surface area contributed by atoms with Crippen LogP contribution in [0.1, 0.15) is 31.9 Å². The van der Waals surface area contributed by atoms with Gasteiger partial charge in [0.1, 0.15) is 23.3 Å². The van der Waals surface area contributed by atoms with E-state index in [1.807, 2.05) is 0 Å².